The van der Waals surface area contributed by atoms with E-state index in [0.717, 1.165) is 18.7 Å². The van der Waals surface area contributed by atoms with Crippen LogP contribution < -0.4 is 5.73 Å². The predicted molar refractivity (Wildman–Crippen MR) is 78.0 cm³/mol. The van der Waals surface area contributed by atoms with Crippen LogP contribution in [0.1, 0.15) is 43.4 Å². The predicted octanol–water partition coefficient (Wildman–Crippen LogP) is 2.23. The summed E-state index contributed by atoms with van der Waals surface area (Å²) in [5.74, 6) is -0.00734. The lowest BCUT2D eigenvalue weighted by molar-refractivity contribution is 0.0683. The summed E-state index contributed by atoms with van der Waals surface area (Å²) in [6, 6.07) is 5.53. The molecule has 1 rings (SSSR count). The molecule has 0 radical (unpaired) electrons. The number of carbonyl (C=O) groups is 1. The third kappa shape index (κ3) is 4.63. The van der Waals surface area contributed by atoms with Crippen molar-refractivity contribution in [1.82, 2.24) is 9.88 Å². The van der Waals surface area contributed by atoms with E-state index in [1.807, 2.05) is 24.0 Å². The molecule has 0 aliphatic rings. The number of rotatable bonds is 6. The van der Waals surface area contributed by atoms with Crippen LogP contribution in [-0.2, 0) is 0 Å². The van der Waals surface area contributed by atoms with E-state index in [-0.39, 0.29) is 11.3 Å². The third-order valence-electron chi connectivity index (χ3n) is 3.06. The van der Waals surface area contributed by atoms with E-state index < -0.39 is 0 Å². The van der Waals surface area contributed by atoms with Gasteiger partial charge in [-0.2, -0.15) is 0 Å². The molecule has 0 saturated carbocycles. The molecule has 0 bridgehead atoms. The normalized spacial score (nSPS) is 11.4. The zero-order chi connectivity index (χ0) is 14.5. The van der Waals surface area contributed by atoms with E-state index >= 15 is 0 Å². The highest BCUT2D eigenvalue weighted by atomic mass is 16.2. The van der Waals surface area contributed by atoms with Crippen molar-refractivity contribution in [1.29, 1.82) is 0 Å². The lowest BCUT2D eigenvalue weighted by atomic mass is 9.93. The molecule has 4 nitrogen and oxygen atoms in total. The molecule has 19 heavy (non-hydrogen) atoms. The molecular weight excluding hydrogens is 238 g/mol. The van der Waals surface area contributed by atoms with Gasteiger partial charge in [0.05, 0.1) is 0 Å². The van der Waals surface area contributed by atoms with Gasteiger partial charge in [-0.3, -0.25) is 4.79 Å². The van der Waals surface area contributed by atoms with Crippen molar-refractivity contribution in [3.05, 3.63) is 29.6 Å². The van der Waals surface area contributed by atoms with Crippen LogP contribution in [0.15, 0.2) is 18.2 Å². The van der Waals surface area contributed by atoms with E-state index in [1.165, 1.54) is 0 Å². The number of aromatic nitrogens is 1. The highest BCUT2D eigenvalue weighted by molar-refractivity contribution is 5.92. The summed E-state index contributed by atoms with van der Waals surface area (Å²) in [4.78, 5) is 18.7. The summed E-state index contributed by atoms with van der Waals surface area (Å²) in [5.41, 5.74) is 7.06. The van der Waals surface area contributed by atoms with Gasteiger partial charge in [0.25, 0.3) is 5.91 Å². The van der Waals surface area contributed by atoms with Crippen LogP contribution in [-0.4, -0.2) is 35.4 Å². The van der Waals surface area contributed by atoms with Gasteiger partial charge in [-0.25, -0.2) is 4.98 Å². The minimum Gasteiger partial charge on any atom is -0.337 e. The molecule has 1 heterocycles. The molecule has 0 aliphatic heterocycles. The molecule has 0 aromatic carbocycles. The van der Waals surface area contributed by atoms with Crippen molar-refractivity contribution in [3.63, 3.8) is 0 Å². The Morgan fingerprint density at radius 2 is 2.11 bits per heavy atom. The SMILES string of the molecule is CCCN(CC(C)(C)CN)C(=O)c1cccc(C)n1. The summed E-state index contributed by atoms with van der Waals surface area (Å²) in [7, 11) is 0. The highest BCUT2D eigenvalue weighted by Gasteiger charge is 2.24. The second kappa shape index (κ2) is 6.66. The first-order chi connectivity index (χ1) is 8.89. The number of pyridine rings is 1. The summed E-state index contributed by atoms with van der Waals surface area (Å²) in [6.07, 6.45) is 0.929. The van der Waals surface area contributed by atoms with Crippen LogP contribution in [0.5, 0.6) is 0 Å². The van der Waals surface area contributed by atoms with Crippen molar-refractivity contribution in [2.75, 3.05) is 19.6 Å². The Hall–Kier alpha value is -1.42. The van der Waals surface area contributed by atoms with Crippen LogP contribution >= 0.6 is 0 Å². The summed E-state index contributed by atoms with van der Waals surface area (Å²) in [6.45, 7) is 10.1. The zero-order valence-electron chi connectivity index (χ0n) is 12.4. The van der Waals surface area contributed by atoms with Gasteiger partial charge in [0, 0.05) is 18.8 Å². The van der Waals surface area contributed by atoms with Crippen molar-refractivity contribution < 1.29 is 4.79 Å². The largest absolute Gasteiger partial charge is 0.337 e. The molecule has 0 unspecified atom stereocenters. The summed E-state index contributed by atoms with van der Waals surface area (Å²) < 4.78 is 0. The van der Waals surface area contributed by atoms with E-state index in [1.54, 1.807) is 6.07 Å². The number of carbonyl (C=O) groups excluding carboxylic acids is 1. The Morgan fingerprint density at radius 1 is 1.42 bits per heavy atom. The first kappa shape index (κ1) is 15.6. The lowest BCUT2D eigenvalue weighted by Gasteiger charge is -2.31. The smallest absolute Gasteiger partial charge is 0.272 e. The maximum Gasteiger partial charge on any atom is 0.272 e. The topological polar surface area (TPSA) is 59.2 Å². The molecule has 2 N–H and O–H groups in total. The van der Waals surface area contributed by atoms with Crippen LogP contribution in [0.4, 0.5) is 0 Å². The first-order valence-electron chi connectivity index (χ1n) is 6.82. The quantitative estimate of drug-likeness (QED) is 0.856. The van der Waals surface area contributed by atoms with Crippen LogP contribution in [0.25, 0.3) is 0 Å². The minimum atomic E-state index is -0.0747. The van der Waals surface area contributed by atoms with E-state index in [4.69, 9.17) is 5.73 Å². The zero-order valence-corrected chi connectivity index (χ0v) is 12.4. The average molecular weight is 263 g/mol. The number of nitrogens with two attached hydrogens (primary N) is 1. The Morgan fingerprint density at radius 3 is 2.63 bits per heavy atom. The molecule has 106 valence electrons. The van der Waals surface area contributed by atoms with Gasteiger partial charge in [0.1, 0.15) is 5.69 Å². The maximum absolute atomic E-state index is 12.5. The summed E-state index contributed by atoms with van der Waals surface area (Å²) >= 11 is 0. The van der Waals surface area contributed by atoms with Crippen molar-refractivity contribution in [2.45, 2.75) is 34.1 Å². The fraction of sp³-hybridized carbons (Fsp3) is 0.600. The lowest BCUT2D eigenvalue weighted by Crippen LogP contribution is -2.42. The van der Waals surface area contributed by atoms with Crippen molar-refractivity contribution in [3.8, 4) is 0 Å². The Kier molecular flexibility index (Phi) is 5.48. The van der Waals surface area contributed by atoms with Gasteiger partial charge in [0.2, 0.25) is 0 Å². The second-order valence-corrected chi connectivity index (χ2v) is 5.76. The first-order valence-corrected chi connectivity index (χ1v) is 6.82. The Balaban J connectivity index is 2.90. The molecule has 0 aliphatic carbocycles. The fourth-order valence-electron chi connectivity index (χ4n) is 1.93. The average Bonchev–Trinajstić information content (AvgIpc) is 2.37. The Bertz CT molecular complexity index is 429. The number of hydrogen-bond acceptors (Lipinski definition) is 3. The summed E-state index contributed by atoms with van der Waals surface area (Å²) in [5, 5.41) is 0. The third-order valence-corrected chi connectivity index (χ3v) is 3.06. The molecule has 0 atom stereocenters. The second-order valence-electron chi connectivity index (χ2n) is 5.76. The minimum absolute atomic E-state index is 0.00734. The van der Waals surface area contributed by atoms with Crippen LogP contribution in [0.2, 0.25) is 0 Å². The van der Waals surface area contributed by atoms with Gasteiger partial charge in [-0.1, -0.05) is 26.8 Å². The molecule has 1 aromatic rings. The number of amides is 1. The van der Waals surface area contributed by atoms with Gasteiger partial charge in [0.15, 0.2) is 0 Å². The number of aryl methyl sites for hydroxylation is 1. The molecule has 0 spiro atoms. The molecule has 0 saturated heterocycles. The van der Waals surface area contributed by atoms with Gasteiger partial charge in [-0.05, 0) is 37.4 Å². The molecule has 0 fully saturated rings. The van der Waals surface area contributed by atoms with Gasteiger partial charge < -0.3 is 10.6 Å². The monoisotopic (exact) mass is 263 g/mol. The molecule has 4 heteroatoms. The number of hydrogen-bond donors (Lipinski definition) is 1. The van der Waals surface area contributed by atoms with Crippen molar-refractivity contribution >= 4 is 5.91 Å². The fourth-order valence-corrected chi connectivity index (χ4v) is 1.93. The van der Waals surface area contributed by atoms with Crippen LogP contribution in [0.3, 0.4) is 0 Å². The van der Waals surface area contributed by atoms with Gasteiger partial charge >= 0.3 is 0 Å². The molecule has 1 aromatic heterocycles. The van der Waals surface area contributed by atoms with E-state index in [2.05, 4.69) is 25.8 Å². The van der Waals surface area contributed by atoms with E-state index in [9.17, 15) is 4.79 Å². The molecular formula is C15H25N3O. The maximum atomic E-state index is 12.5. The highest BCUT2D eigenvalue weighted by Crippen LogP contribution is 2.17. The standard InChI is InChI=1S/C15H25N3O/c1-5-9-18(11-15(3,4)10-16)14(19)13-8-6-7-12(2)17-13/h6-8H,5,9-11,16H2,1-4H3. The van der Waals surface area contributed by atoms with Crippen LogP contribution in [0, 0.1) is 12.3 Å². The van der Waals surface area contributed by atoms with Gasteiger partial charge in [-0.15, -0.1) is 0 Å². The Labute approximate surface area is 116 Å². The number of nitrogens with zero attached hydrogens (tertiary/aromatic N) is 2. The molecule has 1 amide bonds. The van der Waals surface area contributed by atoms with Crippen molar-refractivity contribution in [2.24, 2.45) is 11.1 Å². The van der Waals surface area contributed by atoms with E-state index in [0.29, 0.717) is 18.8 Å².